The van der Waals surface area contributed by atoms with Crippen LogP contribution in [0, 0.1) is 11.8 Å². The van der Waals surface area contributed by atoms with Crippen molar-refractivity contribution in [3.63, 3.8) is 0 Å². The van der Waals surface area contributed by atoms with Crippen LogP contribution in [0.4, 0.5) is 0 Å². The molecule has 1 aliphatic rings. The van der Waals surface area contributed by atoms with Gasteiger partial charge in [-0.15, -0.1) is 0 Å². The molecule has 5 heteroatoms. The number of carbonyl (C=O) groups is 2. The predicted molar refractivity (Wildman–Crippen MR) is 161 cm³/mol. The van der Waals surface area contributed by atoms with E-state index < -0.39 is 18.0 Å². The Balaban J connectivity index is 1.57. The minimum atomic E-state index is -0.969. The van der Waals surface area contributed by atoms with Gasteiger partial charge in [0.1, 0.15) is 0 Å². The zero-order chi connectivity index (χ0) is 29.1. The van der Waals surface area contributed by atoms with E-state index in [9.17, 15) is 14.7 Å². The lowest BCUT2D eigenvalue weighted by molar-refractivity contribution is -0.146. The normalized spacial score (nSPS) is 18.4. The van der Waals surface area contributed by atoms with Crippen molar-refractivity contribution in [3.05, 3.63) is 84.0 Å². The van der Waals surface area contributed by atoms with E-state index in [0.717, 1.165) is 32.1 Å². The maximum absolute atomic E-state index is 12.3. The molecule has 2 atom stereocenters. The Morgan fingerprint density at radius 3 is 1.95 bits per heavy atom. The summed E-state index contributed by atoms with van der Waals surface area (Å²) < 4.78 is 10.9. The second-order valence-electron chi connectivity index (χ2n) is 11.3. The highest BCUT2D eigenvalue weighted by Gasteiger charge is 2.30. The number of ether oxygens (including phenoxy) is 2. The number of benzene rings is 2. The Bertz CT molecular complexity index is 1120. The summed E-state index contributed by atoms with van der Waals surface area (Å²) >= 11 is 0. The van der Waals surface area contributed by atoms with Crippen LogP contribution in [0.25, 0.3) is 11.1 Å². The third kappa shape index (κ3) is 9.19. The molecule has 0 saturated heterocycles. The largest absolute Gasteiger partial charge is 0.462 e. The maximum Gasteiger partial charge on any atom is 0.336 e. The predicted octanol–water partition coefficient (Wildman–Crippen LogP) is 7.58. The van der Waals surface area contributed by atoms with Gasteiger partial charge >= 0.3 is 11.9 Å². The van der Waals surface area contributed by atoms with Gasteiger partial charge in [-0.05, 0) is 86.5 Å². The van der Waals surface area contributed by atoms with Gasteiger partial charge in [0.05, 0.1) is 24.9 Å². The van der Waals surface area contributed by atoms with Crippen molar-refractivity contribution in [1.82, 2.24) is 0 Å². The monoisotopic (exact) mass is 546 g/mol. The number of unbranched alkanes of at least 4 members (excludes halogenated alkanes) is 2. The molecule has 2 aromatic rings. The molecule has 1 fully saturated rings. The Labute approximate surface area is 240 Å². The van der Waals surface area contributed by atoms with E-state index in [1.165, 1.54) is 48.4 Å². The molecule has 40 heavy (non-hydrogen) atoms. The van der Waals surface area contributed by atoms with Crippen molar-refractivity contribution in [3.8, 4) is 11.1 Å². The van der Waals surface area contributed by atoms with Gasteiger partial charge in [0, 0.05) is 11.5 Å². The second kappa shape index (κ2) is 15.6. The Morgan fingerprint density at radius 2 is 1.43 bits per heavy atom. The zero-order valence-electron chi connectivity index (χ0n) is 24.5. The van der Waals surface area contributed by atoms with Crippen LogP contribution >= 0.6 is 0 Å². The van der Waals surface area contributed by atoms with Crippen LogP contribution in [-0.2, 0) is 25.5 Å². The minimum absolute atomic E-state index is 0.0211. The van der Waals surface area contributed by atoms with Crippen LogP contribution in [0.5, 0.6) is 0 Å². The summed E-state index contributed by atoms with van der Waals surface area (Å²) in [5, 5.41) is 9.63. The molecule has 1 saturated carbocycles. The molecule has 3 rings (SSSR count). The van der Waals surface area contributed by atoms with Crippen molar-refractivity contribution in [2.24, 2.45) is 11.8 Å². The number of aliphatic hydroxyl groups excluding tert-OH is 1. The van der Waals surface area contributed by atoms with Crippen molar-refractivity contribution in [2.45, 2.75) is 84.2 Å². The van der Waals surface area contributed by atoms with E-state index in [-0.39, 0.29) is 30.6 Å². The Morgan fingerprint density at radius 1 is 0.875 bits per heavy atom. The summed E-state index contributed by atoms with van der Waals surface area (Å²) in [6.45, 7) is 12.9. The van der Waals surface area contributed by atoms with Crippen LogP contribution in [0.2, 0.25) is 0 Å². The number of aliphatic hydroxyl groups is 1. The highest BCUT2D eigenvalue weighted by Crippen LogP contribution is 2.39. The van der Waals surface area contributed by atoms with Crippen molar-refractivity contribution < 1.29 is 24.2 Å². The van der Waals surface area contributed by atoms with Crippen LogP contribution in [-0.4, -0.2) is 36.4 Å². The fraction of sp³-hybridized carbons (Fsp3) is 0.486. The zero-order valence-corrected chi connectivity index (χ0v) is 24.5. The molecular formula is C35H46O5. The number of hydrogen-bond donors (Lipinski definition) is 1. The van der Waals surface area contributed by atoms with Gasteiger partial charge in [0.25, 0.3) is 0 Å². The topological polar surface area (TPSA) is 72.8 Å². The highest BCUT2D eigenvalue weighted by atomic mass is 16.5. The Kier molecular flexibility index (Phi) is 12.2. The lowest BCUT2D eigenvalue weighted by Crippen LogP contribution is -2.31. The molecule has 216 valence electrons. The third-order valence-electron chi connectivity index (χ3n) is 8.15. The van der Waals surface area contributed by atoms with Gasteiger partial charge in [-0.3, -0.25) is 0 Å². The second-order valence-corrected chi connectivity index (χ2v) is 11.3. The first-order chi connectivity index (χ1) is 19.2. The average Bonchev–Trinajstić information content (AvgIpc) is 2.97. The number of esters is 2. The average molecular weight is 547 g/mol. The van der Waals surface area contributed by atoms with Crippen LogP contribution in [0.15, 0.2) is 72.8 Å². The molecule has 0 spiro atoms. The van der Waals surface area contributed by atoms with Gasteiger partial charge in [0.15, 0.2) is 0 Å². The molecule has 0 bridgehead atoms. The summed E-state index contributed by atoms with van der Waals surface area (Å²) in [5.74, 6) is -0.447. The van der Waals surface area contributed by atoms with Crippen molar-refractivity contribution in [2.75, 3.05) is 13.2 Å². The molecule has 0 heterocycles. The summed E-state index contributed by atoms with van der Waals surface area (Å²) in [6.07, 6.45) is 7.90. The summed E-state index contributed by atoms with van der Waals surface area (Å²) in [5.41, 5.74) is 5.59. The molecule has 0 aromatic heterocycles. The SMILES string of the molecule is C=C(C)C(=O)OCC(COC(=O)C(=C)C(C)O)C1CCC(c2ccc(-c3ccc(CCCCC)cc3)cc2)CC1. The van der Waals surface area contributed by atoms with Crippen LogP contribution in [0.1, 0.15) is 82.8 Å². The summed E-state index contributed by atoms with van der Waals surface area (Å²) in [6, 6.07) is 17.9. The molecule has 0 radical (unpaired) electrons. The van der Waals surface area contributed by atoms with E-state index in [0.29, 0.717) is 11.5 Å². The first kappa shape index (κ1) is 31.3. The fourth-order valence-electron chi connectivity index (χ4n) is 5.39. The van der Waals surface area contributed by atoms with Gasteiger partial charge in [-0.2, -0.15) is 0 Å². The van der Waals surface area contributed by atoms with Gasteiger partial charge in [0.2, 0.25) is 0 Å². The molecular weight excluding hydrogens is 500 g/mol. The molecule has 1 aliphatic carbocycles. The van der Waals surface area contributed by atoms with Gasteiger partial charge in [-0.25, -0.2) is 9.59 Å². The highest BCUT2D eigenvalue weighted by molar-refractivity contribution is 5.88. The molecule has 0 aliphatic heterocycles. The van der Waals surface area contributed by atoms with Crippen LogP contribution < -0.4 is 0 Å². The first-order valence-corrected chi connectivity index (χ1v) is 14.8. The fourth-order valence-corrected chi connectivity index (χ4v) is 5.39. The molecule has 0 amide bonds. The van der Waals surface area contributed by atoms with Crippen LogP contribution in [0.3, 0.4) is 0 Å². The maximum atomic E-state index is 12.3. The van der Waals surface area contributed by atoms with E-state index >= 15 is 0 Å². The smallest absolute Gasteiger partial charge is 0.336 e. The molecule has 2 unspecified atom stereocenters. The first-order valence-electron chi connectivity index (χ1n) is 14.8. The number of hydrogen-bond acceptors (Lipinski definition) is 5. The van der Waals surface area contributed by atoms with Crippen molar-refractivity contribution in [1.29, 1.82) is 0 Å². The van der Waals surface area contributed by atoms with Gasteiger partial charge in [-0.1, -0.05) is 81.5 Å². The number of carbonyl (C=O) groups excluding carboxylic acids is 2. The summed E-state index contributed by atoms with van der Waals surface area (Å²) in [7, 11) is 0. The van der Waals surface area contributed by atoms with E-state index in [2.05, 4.69) is 68.6 Å². The molecule has 1 N–H and O–H groups in total. The lowest BCUT2D eigenvalue weighted by atomic mass is 9.74. The minimum Gasteiger partial charge on any atom is -0.462 e. The number of rotatable bonds is 14. The summed E-state index contributed by atoms with van der Waals surface area (Å²) in [4.78, 5) is 24.3. The number of aryl methyl sites for hydroxylation is 1. The van der Waals surface area contributed by atoms with E-state index in [4.69, 9.17) is 9.47 Å². The molecule has 2 aromatic carbocycles. The quantitative estimate of drug-likeness (QED) is 0.150. The lowest BCUT2D eigenvalue weighted by Gasteiger charge is -2.33. The van der Waals surface area contributed by atoms with Gasteiger partial charge < -0.3 is 14.6 Å². The Hall–Kier alpha value is -3.18. The van der Waals surface area contributed by atoms with Crippen molar-refractivity contribution >= 4 is 11.9 Å². The van der Waals surface area contributed by atoms with E-state index in [1.807, 2.05) is 0 Å². The molecule has 5 nitrogen and oxygen atoms in total. The third-order valence-corrected chi connectivity index (χ3v) is 8.15. The standard InChI is InChI=1S/C35H46O5/c1-6-7-8-9-27-10-12-28(13-11-27)29-14-16-30(17-15-29)31-18-20-32(21-19-31)33(22-39-34(37)24(2)3)23-40-35(38)25(4)26(5)36/h10-17,26,31-33,36H,2,4,6-9,18-23H2,1,3,5H3. The van der Waals surface area contributed by atoms with E-state index in [1.54, 1.807) is 6.92 Å².